The molecule has 2 aliphatic heterocycles. The summed E-state index contributed by atoms with van der Waals surface area (Å²) in [5.74, 6) is 1.34. The molecule has 2 heterocycles. The highest BCUT2D eigenvalue weighted by molar-refractivity contribution is 5.79. The molecule has 0 unspecified atom stereocenters. The van der Waals surface area contributed by atoms with Gasteiger partial charge in [-0.05, 0) is 51.3 Å². The first-order valence-corrected chi connectivity index (χ1v) is 9.09. The van der Waals surface area contributed by atoms with Crippen LogP contribution in [0.5, 0.6) is 5.75 Å². The zero-order valence-electron chi connectivity index (χ0n) is 14.8. The zero-order chi connectivity index (χ0) is 16.9. The minimum absolute atomic E-state index is 0.175. The summed E-state index contributed by atoms with van der Waals surface area (Å²) in [6.07, 6.45) is 3.89. The number of methoxy groups -OCH3 is 1. The van der Waals surface area contributed by atoms with Gasteiger partial charge in [-0.25, -0.2) is 0 Å². The Hall–Kier alpha value is -1.75. The summed E-state index contributed by atoms with van der Waals surface area (Å²) in [5.41, 5.74) is 1.15. The zero-order valence-corrected chi connectivity index (χ0v) is 14.8. The highest BCUT2D eigenvalue weighted by Crippen LogP contribution is 2.30. The lowest BCUT2D eigenvalue weighted by Crippen LogP contribution is -2.48. The van der Waals surface area contributed by atoms with Crippen molar-refractivity contribution >= 4 is 11.6 Å². The standard InChI is InChI=1S/C19H29N3O2/c1-14-13-15(7-10-20-14)19(23)21-16-8-11-22(12-9-16)17-5-3-4-6-18(17)24-2/h3-6,14-16,20H,7-13H2,1-2H3,(H,21,23)/t14-,15-/m0/s1. The number of rotatable bonds is 4. The van der Waals surface area contributed by atoms with Crippen LogP contribution in [0.15, 0.2) is 24.3 Å². The third-order valence-corrected chi connectivity index (χ3v) is 5.26. The van der Waals surface area contributed by atoms with Gasteiger partial charge in [0.1, 0.15) is 5.75 Å². The van der Waals surface area contributed by atoms with Crippen molar-refractivity contribution < 1.29 is 9.53 Å². The molecule has 2 fully saturated rings. The number of ether oxygens (including phenoxy) is 1. The fraction of sp³-hybridized carbons (Fsp3) is 0.632. The summed E-state index contributed by atoms with van der Waals surface area (Å²) in [6, 6.07) is 8.89. The van der Waals surface area contributed by atoms with Gasteiger partial charge < -0.3 is 20.3 Å². The van der Waals surface area contributed by atoms with Crippen molar-refractivity contribution in [2.24, 2.45) is 5.92 Å². The van der Waals surface area contributed by atoms with Gasteiger partial charge >= 0.3 is 0 Å². The number of benzene rings is 1. The summed E-state index contributed by atoms with van der Waals surface area (Å²) in [4.78, 5) is 14.8. The smallest absolute Gasteiger partial charge is 0.223 e. The fourth-order valence-corrected chi connectivity index (χ4v) is 3.84. The van der Waals surface area contributed by atoms with E-state index in [0.717, 1.165) is 56.8 Å². The normalized spacial score (nSPS) is 25.3. The van der Waals surface area contributed by atoms with Crippen molar-refractivity contribution in [3.8, 4) is 5.75 Å². The van der Waals surface area contributed by atoms with Crippen LogP contribution in [0.2, 0.25) is 0 Å². The first-order chi connectivity index (χ1) is 11.7. The quantitative estimate of drug-likeness (QED) is 0.888. The molecule has 5 nitrogen and oxygen atoms in total. The van der Waals surface area contributed by atoms with Crippen molar-refractivity contribution in [1.82, 2.24) is 10.6 Å². The Balaban J connectivity index is 1.51. The molecule has 2 N–H and O–H groups in total. The van der Waals surface area contributed by atoms with Gasteiger partial charge in [-0.2, -0.15) is 0 Å². The topological polar surface area (TPSA) is 53.6 Å². The molecule has 1 aromatic carbocycles. The van der Waals surface area contributed by atoms with E-state index >= 15 is 0 Å². The molecule has 2 aliphatic rings. The monoisotopic (exact) mass is 331 g/mol. The summed E-state index contributed by atoms with van der Waals surface area (Å²) >= 11 is 0. The molecule has 0 aliphatic carbocycles. The highest BCUT2D eigenvalue weighted by Gasteiger charge is 2.28. The lowest BCUT2D eigenvalue weighted by atomic mass is 9.91. The molecule has 0 radical (unpaired) electrons. The van der Waals surface area contributed by atoms with Crippen LogP contribution in [-0.4, -0.2) is 44.7 Å². The van der Waals surface area contributed by atoms with Crippen LogP contribution in [0.3, 0.4) is 0 Å². The molecular formula is C19H29N3O2. The molecule has 0 spiro atoms. The second-order valence-corrected chi connectivity index (χ2v) is 7.02. The molecule has 132 valence electrons. The van der Waals surface area contributed by atoms with Crippen LogP contribution in [0.4, 0.5) is 5.69 Å². The van der Waals surface area contributed by atoms with Crippen molar-refractivity contribution in [3.05, 3.63) is 24.3 Å². The van der Waals surface area contributed by atoms with E-state index in [1.165, 1.54) is 0 Å². The summed E-state index contributed by atoms with van der Waals surface area (Å²) in [5, 5.41) is 6.69. The predicted molar refractivity (Wildman–Crippen MR) is 96.6 cm³/mol. The summed E-state index contributed by atoms with van der Waals surface area (Å²) in [7, 11) is 1.71. The van der Waals surface area contributed by atoms with Crippen molar-refractivity contribution in [2.45, 2.75) is 44.7 Å². The molecule has 0 aromatic heterocycles. The summed E-state index contributed by atoms with van der Waals surface area (Å²) in [6.45, 7) is 5.01. The molecule has 0 saturated carbocycles. The van der Waals surface area contributed by atoms with E-state index in [9.17, 15) is 4.79 Å². The van der Waals surface area contributed by atoms with Crippen LogP contribution in [0.25, 0.3) is 0 Å². The molecule has 1 aromatic rings. The first-order valence-electron chi connectivity index (χ1n) is 9.09. The lowest BCUT2D eigenvalue weighted by molar-refractivity contribution is -0.126. The summed E-state index contributed by atoms with van der Waals surface area (Å²) < 4.78 is 5.46. The molecule has 5 heteroatoms. The van der Waals surface area contributed by atoms with E-state index in [0.29, 0.717) is 12.1 Å². The average molecular weight is 331 g/mol. The largest absolute Gasteiger partial charge is 0.495 e. The van der Waals surface area contributed by atoms with Crippen molar-refractivity contribution in [3.63, 3.8) is 0 Å². The third kappa shape index (κ3) is 4.01. The maximum absolute atomic E-state index is 12.5. The van der Waals surface area contributed by atoms with Gasteiger partial charge in [-0.1, -0.05) is 12.1 Å². The number of nitrogens with one attached hydrogen (secondary N) is 2. The molecular weight excluding hydrogens is 302 g/mol. The molecule has 24 heavy (non-hydrogen) atoms. The Morgan fingerprint density at radius 2 is 2.00 bits per heavy atom. The maximum atomic E-state index is 12.5. The van der Waals surface area contributed by atoms with Crippen LogP contribution in [0, 0.1) is 5.92 Å². The van der Waals surface area contributed by atoms with Gasteiger partial charge in [0.2, 0.25) is 5.91 Å². The predicted octanol–water partition coefficient (Wildman–Crippen LogP) is 2.17. The number of carbonyl (C=O) groups excluding carboxylic acids is 1. The molecule has 2 atom stereocenters. The number of anilines is 1. The maximum Gasteiger partial charge on any atom is 0.223 e. The van der Waals surface area contributed by atoms with Gasteiger partial charge in [0, 0.05) is 31.1 Å². The van der Waals surface area contributed by atoms with Gasteiger partial charge in [0.05, 0.1) is 12.8 Å². The van der Waals surface area contributed by atoms with Crippen LogP contribution in [-0.2, 0) is 4.79 Å². The number of piperidine rings is 2. The fourth-order valence-electron chi connectivity index (χ4n) is 3.84. The Bertz CT molecular complexity index is 555. The van der Waals surface area contributed by atoms with E-state index in [-0.39, 0.29) is 11.8 Å². The van der Waals surface area contributed by atoms with Crippen molar-refractivity contribution in [1.29, 1.82) is 0 Å². The molecule has 1 amide bonds. The van der Waals surface area contributed by atoms with E-state index in [1.807, 2.05) is 18.2 Å². The number of hydrogen-bond donors (Lipinski definition) is 2. The van der Waals surface area contributed by atoms with Gasteiger partial charge in [-0.15, -0.1) is 0 Å². The minimum atomic E-state index is 0.175. The lowest BCUT2D eigenvalue weighted by Gasteiger charge is -2.35. The van der Waals surface area contributed by atoms with E-state index in [1.54, 1.807) is 7.11 Å². The second-order valence-electron chi connectivity index (χ2n) is 7.02. The average Bonchev–Trinajstić information content (AvgIpc) is 2.62. The molecule has 3 rings (SSSR count). The van der Waals surface area contributed by atoms with E-state index < -0.39 is 0 Å². The van der Waals surface area contributed by atoms with E-state index in [4.69, 9.17) is 4.74 Å². The van der Waals surface area contributed by atoms with Crippen molar-refractivity contribution in [2.75, 3.05) is 31.6 Å². The number of nitrogens with zero attached hydrogens (tertiary/aromatic N) is 1. The Morgan fingerprint density at radius 3 is 2.71 bits per heavy atom. The number of carbonyl (C=O) groups is 1. The Labute approximate surface area is 144 Å². The van der Waals surface area contributed by atoms with Crippen LogP contribution in [0.1, 0.15) is 32.6 Å². The SMILES string of the molecule is COc1ccccc1N1CCC(NC(=O)[C@H]2CCN[C@@H](C)C2)CC1. The molecule has 2 saturated heterocycles. The van der Waals surface area contributed by atoms with Gasteiger partial charge in [0.25, 0.3) is 0 Å². The minimum Gasteiger partial charge on any atom is -0.495 e. The number of amides is 1. The van der Waals surface area contributed by atoms with Crippen LogP contribution < -0.4 is 20.3 Å². The third-order valence-electron chi connectivity index (χ3n) is 5.26. The van der Waals surface area contributed by atoms with Crippen LogP contribution >= 0.6 is 0 Å². The Kier molecular flexibility index (Phi) is 5.61. The molecule has 0 bridgehead atoms. The van der Waals surface area contributed by atoms with E-state index in [2.05, 4.69) is 28.5 Å². The highest BCUT2D eigenvalue weighted by atomic mass is 16.5. The van der Waals surface area contributed by atoms with Gasteiger partial charge in [-0.3, -0.25) is 4.79 Å². The second kappa shape index (κ2) is 7.88. The number of para-hydroxylation sites is 2. The Morgan fingerprint density at radius 1 is 1.25 bits per heavy atom. The number of hydrogen-bond acceptors (Lipinski definition) is 4. The van der Waals surface area contributed by atoms with Gasteiger partial charge in [0.15, 0.2) is 0 Å². The first kappa shape index (κ1) is 17.1.